The first-order chi connectivity index (χ1) is 8.66. The van der Waals surface area contributed by atoms with Crippen molar-refractivity contribution in [3.8, 4) is 0 Å². The SMILES string of the molecule is CC(C)[C@@H](C)OC1Cc2cccc3cccc1c23. The molecular weight excluding hydrogens is 220 g/mol. The summed E-state index contributed by atoms with van der Waals surface area (Å²) in [6.07, 6.45) is 1.57. The smallest absolute Gasteiger partial charge is 0.0875 e. The Morgan fingerprint density at radius 1 is 1.06 bits per heavy atom. The van der Waals surface area contributed by atoms with Crippen LogP contribution in [0.3, 0.4) is 0 Å². The van der Waals surface area contributed by atoms with Crippen LogP contribution in [0.4, 0.5) is 0 Å². The maximum atomic E-state index is 6.25. The highest BCUT2D eigenvalue weighted by atomic mass is 16.5. The fourth-order valence-corrected chi connectivity index (χ4v) is 2.74. The lowest BCUT2D eigenvalue weighted by Gasteiger charge is -2.22. The summed E-state index contributed by atoms with van der Waals surface area (Å²) in [4.78, 5) is 0. The standard InChI is InChI=1S/C17H20O/c1-11(2)12(3)18-16-10-14-8-4-6-13-7-5-9-15(16)17(13)14/h4-9,11-12,16H,10H2,1-3H3/t12-,16?/m1/s1. The van der Waals surface area contributed by atoms with Crippen LogP contribution in [-0.4, -0.2) is 6.10 Å². The van der Waals surface area contributed by atoms with Crippen LogP contribution < -0.4 is 0 Å². The van der Waals surface area contributed by atoms with E-state index in [1.807, 2.05) is 0 Å². The molecule has 1 unspecified atom stereocenters. The minimum Gasteiger partial charge on any atom is -0.370 e. The van der Waals surface area contributed by atoms with Crippen LogP contribution in [0.2, 0.25) is 0 Å². The lowest BCUT2D eigenvalue weighted by Crippen LogP contribution is -2.18. The summed E-state index contributed by atoms with van der Waals surface area (Å²) in [6.45, 7) is 6.61. The van der Waals surface area contributed by atoms with E-state index in [9.17, 15) is 0 Å². The van der Waals surface area contributed by atoms with Crippen molar-refractivity contribution in [3.63, 3.8) is 0 Å². The zero-order valence-corrected chi connectivity index (χ0v) is 11.3. The van der Waals surface area contributed by atoms with Gasteiger partial charge < -0.3 is 4.74 Å². The van der Waals surface area contributed by atoms with E-state index in [2.05, 4.69) is 57.2 Å². The third-order valence-corrected chi connectivity index (χ3v) is 4.09. The van der Waals surface area contributed by atoms with Gasteiger partial charge in [-0.25, -0.2) is 0 Å². The molecule has 2 atom stereocenters. The highest BCUT2D eigenvalue weighted by Crippen LogP contribution is 2.39. The molecule has 0 saturated heterocycles. The van der Waals surface area contributed by atoms with E-state index in [1.54, 1.807) is 0 Å². The highest BCUT2D eigenvalue weighted by molar-refractivity contribution is 5.91. The molecule has 0 heterocycles. The van der Waals surface area contributed by atoms with E-state index in [0.29, 0.717) is 12.0 Å². The Bertz CT molecular complexity index is 566. The molecule has 94 valence electrons. The average molecular weight is 240 g/mol. The van der Waals surface area contributed by atoms with Gasteiger partial charge in [-0.1, -0.05) is 50.2 Å². The first-order valence-electron chi connectivity index (χ1n) is 6.83. The van der Waals surface area contributed by atoms with Gasteiger partial charge in [-0.2, -0.15) is 0 Å². The molecule has 0 N–H and O–H groups in total. The van der Waals surface area contributed by atoms with Crippen molar-refractivity contribution in [2.45, 2.75) is 39.4 Å². The molecule has 18 heavy (non-hydrogen) atoms. The number of ether oxygens (including phenoxy) is 1. The van der Waals surface area contributed by atoms with Crippen molar-refractivity contribution >= 4 is 10.8 Å². The van der Waals surface area contributed by atoms with E-state index in [4.69, 9.17) is 4.74 Å². The van der Waals surface area contributed by atoms with Gasteiger partial charge in [0.25, 0.3) is 0 Å². The minimum atomic E-state index is 0.239. The molecule has 1 nitrogen and oxygen atoms in total. The first-order valence-corrected chi connectivity index (χ1v) is 6.83. The summed E-state index contributed by atoms with van der Waals surface area (Å²) in [5.41, 5.74) is 2.81. The van der Waals surface area contributed by atoms with Crippen molar-refractivity contribution in [3.05, 3.63) is 47.5 Å². The summed E-state index contributed by atoms with van der Waals surface area (Å²) >= 11 is 0. The molecule has 3 rings (SSSR count). The molecular formula is C17H20O. The second-order valence-electron chi connectivity index (χ2n) is 5.64. The lowest BCUT2D eigenvalue weighted by atomic mass is 10.0. The molecule has 0 fully saturated rings. The predicted molar refractivity (Wildman–Crippen MR) is 75.8 cm³/mol. The first kappa shape index (κ1) is 11.7. The Labute approximate surface area is 109 Å². The summed E-state index contributed by atoms with van der Waals surface area (Å²) in [5, 5.41) is 2.76. The second kappa shape index (κ2) is 4.40. The fraction of sp³-hybridized carbons (Fsp3) is 0.412. The summed E-state index contributed by atoms with van der Waals surface area (Å²) in [7, 11) is 0. The quantitative estimate of drug-likeness (QED) is 0.767. The van der Waals surface area contributed by atoms with Crippen molar-refractivity contribution in [2.75, 3.05) is 0 Å². The normalized spacial score (nSPS) is 19.7. The molecule has 0 aromatic heterocycles. The Morgan fingerprint density at radius 2 is 1.78 bits per heavy atom. The Morgan fingerprint density at radius 3 is 2.50 bits per heavy atom. The minimum absolute atomic E-state index is 0.239. The molecule has 0 bridgehead atoms. The van der Waals surface area contributed by atoms with Crippen LogP contribution in [0.1, 0.15) is 38.0 Å². The molecule has 0 radical (unpaired) electrons. The summed E-state index contributed by atoms with van der Waals surface area (Å²) in [6, 6.07) is 13.1. The van der Waals surface area contributed by atoms with E-state index >= 15 is 0 Å². The molecule has 0 spiro atoms. The van der Waals surface area contributed by atoms with Crippen molar-refractivity contribution in [2.24, 2.45) is 5.92 Å². The summed E-state index contributed by atoms with van der Waals surface area (Å²) in [5.74, 6) is 0.563. The third-order valence-electron chi connectivity index (χ3n) is 4.09. The van der Waals surface area contributed by atoms with Gasteiger partial charge in [0, 0.05) is 6.42 Å². The highest BCUT2D eigenvalue weighted by Gasteiger charge is 2.26. The summed E-state index contributed by atoms with van der Waals surface area (Å²) < 4.78 is 6.25. The molecule has 1 aliphatic rings. The Balaban J connectivity index is 1.98. The van der Waals surface area contributed by atoms with Crippen molar-refractivity contribution < 1.29 is 4.74 Å². The molecule has 1 aliphatic carbocycles. The molecule has 0 saturated carbocycles. The predicted octanol–water partition coefficient (Wildman–Crippen LogP) is 4.50. The number of hydrogen-bond acceptors (Lipinski definition) is 1. The Kier molecular flexibility index (Phi) is 2.87. The van der Waals surface area contributed by atoms with Crippen LogP contribution in [0.25, 0.3) is 10.8 Å². The largest absolute Gasteiger partial charge is 0.370 e. The number of rotatable bonds is 3. The molecule has 0 amide bonds. The maximum Gasteiger partial charge on any atom is 0.0875 e. The monoisotopic (exact) mass is 240 g/mol. The van der Waals surface area contributed by atoms with Gasteiger partial charge in [0.05, 0.1) is 12.2 Å². The topological polar surface area (TPSA) is 9.23 Å². The second-order valence-corrected chi connectivity index (χ2v) is 5.64. The van der Waals surface area contributed by atoms with E-state index < -0.39 is 0 Å². The molecule has 0 aliphatic heterocycles. The van der Waals surface area contributed by atoms with Crippen LogP contribution in [0.5, 0.6) is 0 Å². The fourth-order valence-electron chi connectivity index (χ4n) is 2.74. The molecule has 1 heteroatoms. The zero-order chi connectivity index (χ0) is 12.7. The van der Waals surface area contributed by atoms with Gasteiger partial charge >= 0.3 is 0 Å². The zero-order valence-electron chi connectivity index (χ0n) is 11.3. The number of benzene rings is 2. The van der Waals surface area contributed by atoms with Gasteiger partial charge in [0.15, 0.2) is 0 Å². The van der Waals surface area contributed by atoms with Crippen molar-refractivity contribution in [1.29, 1.82) is 0 Å². The molecule has 2 aromatic carbocycles. The van der Waals surface area contributed by atoms with Gasteiger partial charge in [-0.3, -0.25) is 0 Å². The van der Waals surface area contributed by atoms with Gasteiger partial charge in [0.1, 0.15) is 0 Å². The van der Waals surface area contributed by atoms with Crippen LogP contribution in [-0.2, 0) is 11.2 Å². The van der Waals surface area contributed by atoms with Gasteiger partial charge in [0.2, 0.25) is 0 Å². The van der Waals surface area contributed by atoms with E-state index in [-0.39, 0.29) is 6.10 Å². The Hall–Kier alpha value is -1.34. The number of hydrogen-bond donors (Lipinski definition) is 0. The van der Waals surface area contributed by atoms with E-state index in [1.165, 1.54) is 21.9 Å². The lowest BCUT2D eigenvalue weighted by molar-refractivity contribution is -0.0234. The van der Waals surface area contributed by atoms with Crippen molar-refractivity contribution in [1.82, 2.24) is 0 Å². The van der Waals surface area contributed by atoms with Gasteiger partial charge in [-0.15, -0.1) is 0 Å². The van der Waals surface area contributed by atoms with Gasteiger partial charge in [-0.05, 0) is 34.7 Å². The molecule has 2 aromatic rings. The third kappa shape index (κ3) is 1.83. The van der Waals surface area contributed by atoms with Crippen LogP contribution in [0, 0.1) is 5.92 Å². The van der Waals surface area contributed by atoms with Crippen LogP contribution >= 0.6 is 0 Å². The average Bonchev–Trinajstić information content (AvgIpc) is 2.70. The maximum absolute atomic E-state index is 6.25. The van der Waals surface area contributed by atoms with Crippen LogP contribution in [0.15, 0.2) is 36.4 Å². The van der Waals surface area contributed by atoms with E-state index in [0.717, 1.165) is 6.42 Å².